The van der Waals surface area contributed by atoms with Crippen LogP contribution in [0.15, 0.2) is 56.9 Å². The van der Waals surface area contributed by atoms with Gasteiger partial charge in [0, 0.05) is 35.1 Å². The highest BCUT2D eigenvalue weighted by atomic mass is 32.2. The third-order valence-electron chi connectivity index (χ3n) is 4.99. The fourth-order valence-electron chi connectivity index (χ4n) is 3.35. The number of carbonyl (C=O) groups is 1. The highest BCUT2D eigenvalue weighted by Crippen LogP contribution is 2.27. The highest BCUT2D eigenvalue weighted by molar-refractivity contribution is 7.89. The van der Waals surface area contributed by atoms with E-state index in [4.69, 9.17) is 0 Å². The van der Waals surface area contributed by atoms with Crippen LogP contribution in [0.1, 0.15) is 25.0 Å². The van der Waals surface area contributed by atoms with Crippen LogP contribution >= 0.6 is 22.7 Å². The van der Waals surface area contributed by atoms with Crippen LogP contribution in [-0.2, 0) is 14.8 Å². The Bertz CT molecular complexity index is 1280. The molecule has 0 radical (unpaired) electrons. The molecule has 4 rings (SSSR count). The number of piperidine rings is 1. The zero-order valence-electron chi connectivity index (χ0n) is 17.0. The molecule has 0 atom stereocenters. The first-order valence-electron chi connectivity index (χ1n) is 9.99. The van der Waals surface area contributed by atoms with Crippen LogP contribution in [0.3, 0.4) is 0 Å². The van der Waals surface area contributed by atoms with Crippen molar-refractivity contribution in [2.24, 2.45) is 0 Å². The van der Waals surface area contributed by atoms with E-state index in [1.54, 1.807) is 28.8 Å². The smallest absolute Gasteiger partial charge is 0.266 e. The zero-order valence-corrected chi connectivity index (χ0v) is 19.5. The summed E-state index contributed by atoms with van der Waals surface area (Å²) in [5, 5.41) is 18.6. The summed E-state index contributed by atoms with van der Waals surface area (Å²) in [6.07, 6.45) is 4.14. The molecule has 0 bridgehead atoms. The Kier molecular flexibility index (Phi) is 6.81. The molecule has 1 aliphatic rings. The monoisotopic (exact) mass is 484 g/mol. The fraction of sp³-hybridized carbons (Fsp3) is 0.227. The maximum absolute atomic E-state index is 12.9. The first-order chi connectivity index (χ1) is 15.5. The number of hydrogen-bond acceptors (Lipinski definition) is 7. The Morgan fingerprint density at radius 3 is 2.72 bits per heavy atom. The molecule has 3 heterocycles. The number of carbonyl (C=O) groups excluding carboxylic acids is 1. The second kappa shape index (κ2) is 9.75. The predicted octanol–water partition coefficient (Wildman–Crippen LogP) is 4.59. The summed E-state index contributed by atoms with van der Waals surface area (Å²) in [4.78, 5) is 17.2. The number of nitriles is 1. The molecule has 0 aliphatic carbocycles. The lowest BCUT2D eigenvalue weighted by molar-refractivity contribution is -0.112. The molecule has 0 unspecified atom stereocenters. The van der Waals surface area contributed by atoms with E-state index in [9.17, 15) is 18.5 Å². The van der Waals surface area contributed by atoms with Gasteiger partial charge < -0.3 is 5.32 Å². The largest absolute Gasteiger partial charge is 0.321 e. The van der Waals surface area contributed by atoms with Gasteiger partial charge in [-0.05, 0) is 48.6 Å². The van der Waals surface area contributed by atoms with Crippen LogP contribution in [0.5, 0.6) is 0 Å². The van der Waals surface area contributed by atoms with E-state index in [1.165, 1.54) is 33.9 Å². The number of nitrogens with one attached hydrogen (secondary N) is 1. The number of thiazole rings is 1. The molecule has 1 amide bonds. The van der Waals surface area contributed by atoms with E-state index in [0.29, 0.717) is 24.5 Å². The third-order valence-corrected chi connectivity index (χ3v) is 8.48. The number of sulfonamides is 1. The maximum Gasteiger partial charge on any atom is 0.266 e. The fourth-order valence-corrected chi connectivity index (χ4v) is 6.41. The van der Waals surface area contributed by atoms with Crippen molar-refractivity contribution in [1.29, 1.82) is 5.26 Å². The number of rotatable bonds is 6. The second-order valence-electron chi connectivity index (χ2n) is 7.21. The molecule has 164 valence electrons. The number of thiophene rings is 1. The molecule has 1 saturated heterocycles. The molecular formula is C22H20N4O3S3. The first-order valence-corrected chi connectivity index (χ1v) is 13.2. The van der Waals surface area contributed by atoms with Gasteiger partial charge in [-0.2, -0.15) is 20.9 Å². The van der Waals surface area contributed by atoms with Gasteiger partial charge in [-0.1, -0.05) is 12.5 Å². The number of hydrogen-bond donors (Lipinski definition) is 1. The van der Waals surface area contributed by atoms with Gasteiger partial charge in [0.15, 0.2) is 0 Å². The normalized spacial score (nSPS) is 15.3. The maximum atomic E-state index is 12.9. The number of amides is 1. The Morgan fingerprint density at radius 2 is 2.00 bits per heavy atom. The molecule has 0 spiro atoms. The lowest BCUT2D eigenvalue weighted by Gasteiger charge is -2.26. The van der Waals surface area contributed by atoms with E-state index in [-0.39, 0.29) is 10.5 Å². The number of nitrogens with zero attached hydrogens (tertiary/aromatic N) is 3. The molecule has 32 heavy (non-hydrogen) atoms. The standard InChI is InChI=1S/C22H20N4O3S3/c23-13-17(11-19-15-31-22(25-19)16-7-10-30-14-16)21(27)24-18-5-4-6-20(12-18)32(28,29)26-8-2-1-3-9-26/h4-7,10-12,14-15H,1-3,8-9H2,(H,24,27)/b17-11-. The molecule has 1 aromatic carbocycles. The van der Waals surface area contributed by atoms with Crippen molar-refractivity contribution in [2.75, 3.05) is 18.4 Å². The molecule has 0 saturated carbocycles. The van der Waals surface area contributed by atoms with Gasteiger partial charge in [-0.15, -0.1) is 11.3 Å². The van der Waals surface area contributed by atoms with E-state index in [0.717, 1.165) is 29.8 Å². The van der Waals surface area contributed by atoms with Crippen molar-refractivity contribution < 1.29 is 13.2 Å². The summed E-state index contributed by atoms with van der Waals surface area (Å²) in [5.74, 6) is -0.620. The van der Waals surface area contributed by atoms with E-state index in [2.05, 4.69) is 10.3 Å². The summed E-state index contributed by atoms with van der Waals surface area (Å²) >= 11 is 3.00. The minimum absolute atomic E-state index is 0.114. The average molecular weight is 485 g/mol. The molecular weight excluding hydrogens is 464 g/mol. The van der Waals surface area contributed by atoms with Crippen molar-refractivity contribution >= 4 is 50.4 Å². The lowest BCUT2D eigenvalue weighted by Crippen LogP contribution is -2.35. The molecule has 3 aromatic rings. The van der Waals surface area contributed by atoms with Crippen LogP contribution < -0.4 is 5.32 Å². The Balaban J connectivity index is 1.51. The average Bonchev–Trinajstić information content (AvgIpc) is 3.50. The van der Waals surface area contributed by atoms with Crippen molar-refractivity contribution in [2.45, 2.75) is 24.2 Å². The van der Waals surface area contributed by atoms with Crippen molar-refractivity contribution in [3.05, 3.63) is 57.7 Å². The van der Waals surface area contributed by atoms with Crippen LogP contribution in [0.2, 0.25) is 0 Å². The van der Waals surface area contributed by atoms with Gasteiger partial charge in [-0.25, -0.2) is 13.4 Å². The molecule has 10 heteroatoms. The molecule has 1 N–H and O–H groups in total. The Morgan fingerprint density at radius 1 is 1.19 bits per heavy atom. The van der Waals surface area contributed by atoms with Crippen molar-refractivity contribution in [1.82, 2.24) is 9.29 Å². The lowest BCUT2D eigenvalue weighted by atomic mass is 10.2. The quantitative estimate of drug-likeness (QED) is 0.407. The summed E-state index contributed by atoms with van der Waals surface area (Å²) in [5.41, 5.74) is 1.71. The minimum Gasteiger partial charge on any atom is -0.321 e. The highest BCUT2D eigenvalue weighted by Gasteiger charge is 2.26. The van der Waals surface area contributed by atoms with Gasteiger partial charge >= 0.3 is 0 Å². The molecule has 2 aromatic heterocycles. The summed E-state index contributed by atoms with van der Waals surface area (Å²) in [6, 6.07) is 9.98. The van der Waals surface area contributed by atoms with Gasteiger partial charge in [0.1, 0.15) is 16.6 Å². The van der Waals surface area contributed by atoms with E-state index >= 15 is 0 Å². The summed E-state index contributed by atoms with van der Waals surface area (Å²) in [6.45, 7) is 1.00. The SMILES string of the molecule is N#C/C(=C/c1csc(-c2ccsc2)n1)C(=O)Nc1cccc(S(=O)(=O)N2CCCCC2)c1. The molecule has 7 nitrogen and oxygen atoms in total. The molecule has 1 aliphatic heterocycles. The van der Waals surface area contributed by atoms with Crippen LogP contribution in [0.25, 0.3) is 16.6 Å². The third kappa shape index (κ3) is 4.97. The second-order valence-corrected chi connectivity index (χ2v) is 10.8. The van der Waals surface area contributed by atoms with Crippen molar-refractivity contribution in [3.63, 3.8) is 0 Å². The van der Waals surface area contributed by atoms with Gasteiger partial charge in [0.05, 0.1) is 10.6 Å². The van der Waals surface area contributed by atoms with Crippen LogP contribution in [0, 0.1) is 11.3 Å². The Hall–Kier alpha value is -2.84. The van der Waals surface area contributed by atoms with E-state index < -0.39 is 15.9 Å². The molecule has 1 fully saturated rings. The van der Waals surface area contributed by atoms with Crippen LogP contribution in [0.4, 0.5) is 5.69 Å². The Labute approximate surface area is 194 Å². The van der Waals surface area contributed by atoms with Crippen LogP contribution in [-0.4, -0.2) is 36.7 Å². The number of benzene rings is 1. The first kappa shape index (κ1) is 22.4. The van der Waals surface area contributed by atoms with Gasteiger partial charge in [0.25, 0.3) is 5.91 Å². The zero-order chi connectivity index (χ0) is 22.6. The number of aromatic nitrogens is 1. The van der Waals surface area contributed by atoms with Crippen molar-refractivity contribution in [3.8, 4) is 16.6 Å². The van der Waals surface area contributed by atoms with E-state index in [1.807, 2.05) is 22.9 Å². The summed E-state index contributed by atoms with van der Waals surface area (Å²) < 4.78 is 27.3. The summed E-state index contributed by atoms with van der Waals surface area (Å²) in [7, 11) is -3.62. The minimum atomic E-state index is -3.62. The number of anilines is 1. The van der Waals surface area contributed by atoms with Gasteiger partial charge in [-0.3, -0.25) is 4.79 Å². The predicted molar refractivity (Wildman–Crippen MR) is 127 cm³/mol. The topological polar surface area (TPSA) is 103 Å². The van der Waals surface area contributed by atoms with Gasteiger partial charge in [0.2, 0.25) is 10.0 Å².